The maximum absolute atomic E-state index is 10.4. The van der Waals surface area contributed by atoms with E-state index in [0.717, 1.165) is 13.0 Å². The van der Waals surface area contributed by atoms with Crippen molar-refractivity contribution in [2.45, 2.75) is 13.3 Å². The van der Waals surface area contributed by atoms with Crippen LogP contribution in [0.25, 0.3) is 0 Å². The summed E-state index contributed by atoms with van der Waals surface area (Å²) >= 11 is -1.63. The molecule has 2 unspecified atom stereocenters. The third kappa shape index (κ3) is 7.97. The number of rotatable bonds is 5. The van der Waals surface area contributed by atoms with Crippen molar-refractivity contribution in [3.8, 4) is 0 Å². The summed E-state index contributed by atoms with van der Waals surface area (Å²) < 4.78 is 18.9. The Morgan fingerprint density at radius 1 is 1.55 bits per heavy atom. The van der Waals surface area contributed by atoms with Crippen LogP contribution in [0.3, 0.4) is 0 Å². The quantitative estimate of drug-likeness (QED) is 0.634. The molecule has 4 heteroatoms. The lowest BCUT2D eigenvalue weighted by Gasteiger charge is -2.12. The second-order valence-corrected chi connectivity index (χ2v) is 4.16. The third-order valence-electron chi connectivity index (χ3n) is 1.50. The molecule has 0 saturated heterocycles. The van der Waals surface area contributed by atoms with Gasteiger partial charge in [0, 0.05) is 0 Å². The van der Waals surface area contributed by atoms with E-state index in [1.54, 1.807) is 0 Å². The van der Waals surface area contributed by atoms with Gasteiger partial charge >= 0.3 is 0 Å². The molecular formula is C7H17NO2S. The van der Waals surface area contributed by atoms with Gasteiger partial charge in [0.2, 0.25) is 0 Å². The second-order valence-electron chi connectivity index (χ2n) is 3.19. The Morgan fingerprint density at radius 2 is 2.09 bits per heavy atom. The van der Waals surface area contributed by atoms with Crippen molar-refractivity contribution in [3.63, 3.8) is 0 Å². The van der Waals surface area contributed by atoms with Gasteiger partial charge in [-0.1, -0.05) is 6.92 Å². The van der Waals surface area contributed by atoms with Gasteiger partial charge in [0.15, 0.2) is 11.1 Å². The molecule has 1 N–H and O–H groups in total. The highest BCUT2D eigenvalue weighted by Crippen LogP contribution is 2.02. The van der Waals surface area contributed by atoms with E-state index in [0.29, 0.717) is 11.7 Å². The summed E-state index contributed by atoms with van der Waals surface area (Å²) in [5.74, 6) is 0.733. The highest BCUT2D eigenvalue weighted by Gasteiger charge is 2.05. The van der Waals surface area contributed by atoms with Crippen LogP contribution in [-0.2, 0) is 11.1 Å². The Hall–Kier alpha value is 0.0700. The Morgan fingerprint density at radius 3 is 2.45 bits per heavy atom. The van der Waals surface area contributed by atoms with E-state index in [4.69, 9.17) is 4.55 Å². The minimum atomic E-state index is -1.63. The summed E-state index contributed by atoms with van der Waals surface area (Å²) in [7, 11) is 4.01. The van der Waals surface area contributed by atoms with Crippen molar-refractivity contribution < 1.29 is 8.76 Å². The smallest absolute Gasteiger partial charge is 0.153 e. The lowest BCUT2D eigenvalue weighted by molar-refractivity contribution is 0.369. The molecule has 0 spiro atoms. The molecule has 0 saturated carbocycles. The van der Waals surface area contributed by atoms with E-state index < -0.39 is 11.1 Å². The average Bonchev–Trinajstić information content (AvgIpc) is 1.82. The van der Waals surface area contributed by atoms with Gasteiger partial charge in [0.05, 0.1) is 5.75 Å². The van der Waals surface area contributed by atoms with Crippen LogP contribution in [-0.4, -0.2) is 40.1 Å². The molecule has 0 rings (SSSR count). The molecule has 0 aromatic carbocycles. The van der Waals surface area contributed by atoms with Crippen molar-refractivity contribution in [1.29, 1.82) is 0 Å². The van der Waals surface area contributed by atoms with E-state index in [2.05, 4.69) is 4.90 Å². The first-order valence-electron chi connectivity index (χ1n) is 3.74. The Bertz CT molecular complexity index is 128. The lowest BCUT2D eigenvalue weighted by Crippen LogP contribution is -2.18. The molecule has 0 fully saturated rings. The fourth-order valence-electron chi connectivity index (χ4n) is 0.805. The van der Waals surface area contributed by atoms with Gasteiger partial charge in [-0.25, -0.2) is 4.21 Å². The molecule has 0 aromatic rings. The van der Waals surface area contributed by atoms with Crippen LogP contribution in [0.5, 0.6) is 0 Å². The van der Waals surface area contributed by atoms with Crippen LogP contribution in [0.1, 0.15) is 13.3 Å². The summed E-state index contributed by atoms with van der Waals surface area (Å²) in [5.41, 5.74) is 0. The second kappa shape index (κ2) is 5.69. The van der Waals surface area contributed by atoms with Crippen LogP contribution >= 0.6 is 0 Å². The molecule has 68 valence electrons. The number of nitrogens with zero attached hydrogens (tertiary/aromatic N) is 1. The number of hydrogen-bond donors (Lipinski definition) is 1. The predicted molar refractivity (Wildman–Crippen MR) is 48.0 cm³/mol. The van der Waals surface area contributed by atoms with Gasteiger partial charge in [0.1, 0.15) is 0 Å². The molecule has 0 aliphatic heterocycles. The summed E-state index contributed by atoms with van der Waals surface area (Å²) in [5, 5.41) is 0. The fraction of sp³-hybridized carbons (Fsp3) is 1.00. The van der Waals surface area contributed by atoms with E-state index in [9.17, 15) is 4.21 Å². The predicted octanol–water partition coefficient (Wildman–Crippen LogP) is 0.796. The van der Waals surface area contributed by atoms with E-state index >= 15 is 0 Å². The SMILES string of the molecule is CC(CCN(C)C)CS(=O)O. The minimum Gasteiger partial charge on any atom is -0.309 e. The standard InChI is InChI=1S/C7H17NO2S/c1-7(6-11(9)10)4-5-8(2)3/h7H,4-6H2,1-3H3,(H,9,10). The van der Waals surface area contributed by atoms with Gasteiger partial charge < -0.3 is 9.45 Å². The first kappa shape index (κ1) is 11.1. The molecule has 2 atom stereocenters. The average molecular weight is 179 g/mol. The topological polar surface area (TPSA) is 40.5 Å². The molecule has 11 heavy (non-hydrogen) atoms. The zero-order valence-corrected chi connectivity index (χ0v) is 8.23. The van der Waals surface area contributed by atoms with Crippen molar-refractivity contribution in [1.82, 2.24) is 4.90 Å². The van der Waals surface area contributed by atoms with Crippen LogP contribution in [0.4, 0.5) is 0 Å². The van der Waals surface area contributed by atoms with Gasteiger partial charge in [-0.3, -0.25) is 0 Å². The van der Waals surface area contributed by atoms with Gasteiger partial charge in [0.25, 0.3) is 0 Å². The molecule has 0 aliphatic carbocycles. The summed E-state index contributed by atoms with van der Waals surface area (Å²) in [6.45, 7) is 2.98. The molecule has 0 radical (unpaired) electrons. The van der Waals surface area contributed by atoms with Crippen LogP contribution in [0, 0.1) is 5.92 Å². The lowest BCUT2D eigenvalue weighted by atomic mass is 10.1. The Kier molecular flexibility index (Phi) is 5.72. The maximum atomic E-state index is 10.4. The highest BCUT2D eigenvalue weighted by molar-refractivity contribution is 7.79. The first-order chi connectivity index (χ1) is 5.02. The normalized spacial score (nSPS) is 16.8. The first-order valence-corrected chi connectivity index (χ1v) is 5.02. The van der Waals surface area contributed by atoms with E-state index in [1.165, 1.54) is 0 Å². The van der Waals surface area contributed by atoms with Crippen molar-refractivity contribution in [2.24, 2.45) is 5.92 Å². The van der Waals surface area contributed by atoms with Crippen molar-refractivity contribution in [2.75, 3.05) is 26.4 Å². The molecule has 0 aromatic heterocycles. The fourth-order valence-corrected chi connectivity index (χ4v) is 1.46. The highest BCUT2D eigenvalue weighted by atomic mass is 32.2. The Balaban J connectivity index is 3.37. The molecule has 0 heterocycles. The zero-order valence-electron chi connectivity index (χ0n) is 7.41. The molecule has 0 aliphatic rings. The van der Waals surface area contributed by atoms with Crippen LogP contribution < -0.4 is 0 Å². The van der Waals surface area contributed by atoms with Crippen molar-refractivity contribution in [3.05, 3.63) is 0 Å². The largest absolute Gasteiger partial charge is 0.309 e. The summed E-state index contributed by atoms with van der Waals surface area (Å²) in [4.78, 5) is 2.08. The molecule has 0 amide bonds. The van der Waals surface area contributed by atoms with Gasteiger partial charge in [-0.15, -0.1) is 0 Å². The van der Waals surface area contributed by atoms with Crippen LogP contribution in [0.2, 0.25) is 0 Å². The van der Waals surface area contributed by atoms with Gasteiger partial charge in [-0.05, 0) is 33.0 Å². The Labute approximate surface area is 71.1 Å². The van der Waals surface area contributed by atoms with Crippen molar-refractivity contribution >= 4 is 11.1 Å². The van der Waals surface area contributed by atoms with Gasteiger partial charge in [-0.2, -0.15) is 0 Å². The monoisotopic (exact) mass is 179 g/mol. The minimum absolute atomic E-state index is 0.336. The summed E-state index contributed by atoms with van der Waals surface area (Å²) in [6.07, 6.45) is 0.985. The van der Waals surface area contributed by atoms with E-state index in [-0.39, 0.29) is 0 Å². The van der Waals surface area contributed by atoms with Crippen LogP contribution in [0.15, 0.2) is 0 Å². The zero-order chi connectivity index (χ0) is 8.85. The summed E-state index contributed by atoms with van der Waals surface area (Å²) in [6, 6.07) is 0. The van der Waals surface area contributed by atoms with E-state index in [1.807, 2.05) is 21.0 Å². The third-order valence-corrected chi connectivity index (χ3v) is 2.35. The number of hydrogen-bond acceptors (Lipinski definition) is 2. The molecule has 3 nitrogen and oxygen atoms in total. The molecule has 0 bridgehead atoms. The molecular weight excluding hydrogens is 162 g/mol. The maximum Gasteiger partial charge on any atom is 0.153 e.